The van der Waals surface area contributed by atoms with Crippen LogP contribution in [0.3, 0.4) is 0 Å². The van der Waals surface area contributed by atoms with Crippen molar-refractivity contribution >= 4 is 22.8 Å². The van der Waals surface area contributed by atoms with Gasteiger partial charge in [0.15, 0.2) is 5.82 Å². The van der Waals surface area contributed by atoms with Crippen LogP contribution < -0.4 is 5.32 Å². The molecule has 0 saturated carbocycles. The smallest absolute Gasteiger partial charge is 0.323 e. The van der Waals surface area contributed by atoms with E-state index >= 15 is 0 Å². The first-order valence-electron chi connectivity index (χ1n) is 8.31. The summed E-state index contributed by atoms with van der Waals surface area (Å²) in [7, 11) is 0. The Bertz CT molecular complexity index is 887. The van der Waals surface area contributed by atoms with Crippen LogP contribution in [0.25, 0.3) is 10.9 Å². The van der Waals surface area contributed by atoms with Gasteiger partial charge < -0.3 is 9.88 Å². The maximum atomic E-state index is 13.6. The Morgan fingerprint density at radius 2 is 2.12 bits per heavy atom. The zero-order valence-electron chi connectivity index (χ0n) is 13.6. The molecule has 0 aliphatic carbocycles. The fraction of sp³-hybridized carbons (Fsp3) is 0.278. The van der Waals surface area contributed by atoms with Crippen molar-refractivity contribution in [3.63, 3.8) is 0 Å². The van der Waals surface area contributed by atoms with Crippen molar-refractivity contribution < 1.29 is 9.18 Å². The lowest BCUT2D eigenvalue weighted by molar-refractivity contribution is 0.194. The molecule has 0 spiro atoms. The number of likely N-dealkylation sites (tertiary alicyclic amines) is 1. The Kier molecular flexibility index (Phi) is 4.05. The second kappa shape index (κ2) is 6.51. The van der Waals surface area contributed by atoms with E-state index in [1.54, 1.807) is 35.4 Å². The molecule has 2 amide bonds. The standard InChI is InChI=1S/C18H18FN5O/c19-13-3-4-16-14(10-13)15(11-20-16)12-5-8-24(9-6-12)18(25)22-17-2-1-7-21-23-17/h1-4,7,10-12,20H,5-6,8-9H2,(H,22,23,25). The predicted molar refractivity (Wildman–Crippen MR) is 92.9 cm³/mol. The molecule has 4 rings (SSSR count). The monoisotopic (exact) mass is 339 g/mol. The SMILES string of the molecule is O=C(Nc1cccnn1)N1CCC(c2c[nH]c3ccc(F)cc23)CC1. The lowest BCUT2D eigenvalue weighted by Gasteiger charge is -2.31. The first-order chi connectivity index (χ1) is 12.2. The summed E-state index contributed by atoms with van der Waals surface area (Å²) in [6, 6.07) is 8.07. The molecule has 1 aliphatic heterocycles. The molecular weight excluding hydrogens is 321 g/mol. The first kappa shape index (κ1) is 15.6. The number of aromatic nitrogens is 3. The van der Waals surface area contributed by atoms with E-state index in [-0.39, 0.29) is 11.8 Å². The zero-order valence-corrected chi connectivity index (χ0v) is 13.6. The summed E-state index contributed by atoms with van der Waals surface area (Å²) in [4.78, 5) is 17.3. The third kappa shape index (κ3) is 3.17. The molecule has 1 saturated heterocycles. The number of rotatable bonds is 2. The van der Waals surface area contributed by atoms with Crippen LogP contribution in [-0.2, 0) is 0 Å². The number of hydrogen-bond donors (Lipinski definition) is 2. The third-order valence-corrected chi connectivity index (χ3v) is 4.71. The van der Waals surface area contributed by atoms with Gasteiger partial charge in [-0.05, 0) is 54.7 Å². The molecule has 25 heavy (non-hydrogen) atoms. The van der Waals surface area contributed by atoms with Crippen molar-refractivity contribution in [3.05, 3.63) is 54.1 Å². The maximum Gasteiger partial charge on any atom is 0.323 e. The van der Waals surface area contributed by atoms with Crippen molar-refractivity contribution in [2.75, 3.05) is 18.4 Å². The Morgan fingerprint density at radius 1 is 1.28 bits per heavy atom. The van der Waals surface area contributed by atoms with Crippen LogP contribution in [0.5, 0.6) is 0 Å². The van der Waals surface area contributed by atoms with E-state index in [9.17, 15) is 9.18 Å². The van der Waals surface area contributed by atoms with Crippen LogP contribution in [-0.4, -0.2) is 39.2 Å². The van der Waals surface area contributed by atoms with Gasteiger partial charge in [0.25, 0.3) is 0 Å². The number of halogens is 1. The number of anilines is 1. The maximum absolute atomic E-state index is 13.6. The highest BCUT2D eigenvalue weighted by atomic mass is 19.1. The summed E-state index contributed by atoms with van der Waals surface area (Å²) in [5, 5.41) is 11.3. The minimum absolute atomic E-state index is 0.163. The normalized spacial score (nSPS) is 15.5. The summed E-state index contributed by atoms with van der Waals surface area (Å²) >= 11 is 0. The number of nitrogens with zero attached hydrogens (tertiary/aromatic N) is 3. The summed E-state index contributed by atoms with van der Waals surface area (Å²) < 4.78 is 13.6. The van der Waals surface area contributed by atoms with Gasteiger partial charge >= 0.3 is 6.03 Å². The first-order valence-corrected chi connectivity index (χ1v) is 8.31. The van der Waals surface area contributed by atoms with Crippen LogP contribution in [0.2, 0.25) is 0 Å². The van der Waals surface area contributed by atoms with Crippen molar-refractivity contribution in [1.29, 1.82) is 0 Å². The number of carbonyl (C=O) groups excluding carboxylic acids is 1. The lowest BCUT2D eigenvalue weighted by Crippen LogP contribution is -2.40. The number of amides is 2. The van der Waals surface area contributed by atoms with Gasteiger partial charge in [-0.2, -0.15) is 5.10 Å². The van der Waals surface area contributed by atoms with Crippen LogP contribution in [0, 0.1) is 5.82 Å². The molecule has 2 aromatic heterocycles. The highest BCUT2D eigenvalue weighted by molar-refractivity contribution is 5.88. The molecule has 7 heteroatoms. The molecule has 3 aromatic rings. The number of piperidine rings is 1. The van der Waals surface area contributed by atoms with Gasteiger partial charge in [0.2, 0.25) is 0 Å². The van der Waals surface area contributed by atoms with Gasteiger partial charge in [-0.1, -0.05) is 0 Å². The second-order valence-corrected chi connectivity index (χ2v) is 6.23. The van der Waals surface area contributed by atoms with Gasteiger partial charge in [0, 0.05) is 36.4 Å². The van der Waals surface area contributed by atoms with Crippen molar-refractivity contribution in [2.24, 2.45) is 0 Å². The minimum Gasteiger partial charge on any atom is -0.361 e. The van der Waals surface area contributed by atoms with E-state index in [2.05, 4.69) is 20.5 Å². The number of benzene rings is 1. The van der Waals surface area contributed by atoms with Gasteiger partial charge in [-0.15, -0.1) is 5.10 Å². The summed E-state index contributed by atoms with van der Waals surface area (Å²) in [5.74, 6) is 0.534. The highest BCUT2D eigenvalue weighted by Crippen LogP contribution is 2.33. The minimum atomic E-state index is -0.228. The van der Waals surface area contributed by atoms with Crippen LogP contribution in [0.15, 0.2) is 42.7 Å². The molecule has 1 fully saturated rings. The predicted octanol–water partition coefficient (Wildman–Crippen LogP) is 3.51. The van der Waals surface area contributed by atoms with Gasteiger partial charge in [-0.3, -0.25) is 5.32 Å². The molecule has 3 heterocycles. The number of nitrogens with one attached hydrogen (secondary N) is 2. The van der Waals surface area contributed by atoms with Crippen LogP contribution >= 0.6 is 0 Å². The lowest BCUT2D eigenvalue weighted by atomic mass is 9.89. The number of urea groups is 1. The summed E-state index contributed by atoms with van der Waals surface area (Å²) in [6.07, 6.45) is 5.21. The summed E-state index contributed by atoms with van der Waals surface area (Å²) in [5.41, 5.74) is 2.07. The highest BCUT2D eigenvalue weighted by Gasteiger charge is 2.25. The molecule has 128 valence electrons. The van der Waals surface area contributed by atoms with Crippen LogP contribution in [0.4, 0.5) is 15.0 Å². The van der Waals surface area contributed by atoms with Crippen molar-refractivity contribution in [2.45, 2.75) is 18.8 Å². The Hall–Kier alpha value is -2.96. The average Bonchev–Trinajstić information content (AvgIpc) is 3.05. The number of aromatic amines is 1. The number of fused-ring (bicyclic) bond motifs is 1. The molecule has 0 radical (unpaired) electrons. The quantitative estimate of drug-likeness (QED) is 0.750. The molecule has 0 bridgehead atoms. The van der Waals surface area contributed by atoms with E-state index in [1.165, 1.54) is 6.07 Å². The van der Waals surface area contributed by atoms with Gasteiger partial charge in [0.05, 0.1) is 0 Å². The Balaban J connectivity index is 1.42. The fourth-order valence-electron chi connectivity index (χ4n) is 3.40. The van der Waals surface area contributed by atoms with Crippen LogP contribution in [0.1, 0.15) is 24.3 Å². The van der Waals surface area contributed by atoms with E-state index in [0.717, 1.165) is 29.3 Å². The third-order valence-electron chi connectivity index (χ3n) is 4.71. The van der Waals surface area contributed by atoms with E-state index < -0.39 is 0 Å². The molecular formula is C18H18FN5O. The molecule has 0 unspecified atom stereocenters. The number of H-pyrrole nitrogens is 1. The largest absolute Gasteiger partial charge is 0.361 e. The van der Waals surface area contributed by atoms with Crippen molar-refractivity contribution in [1.82, 2.24) is 20.1 Å². The Morgan fingerprint density at radius 3 is 2.88 bits per heavy atom. The zero-order chi connectivity index (χ0) is 17.2. The second-order valence-electron chi connectivity index (χ2n) is 6.23. The summed E-state index contributed by atoms with van der Waals surface area (Å²) in [6.45, 7) is 1.30. The van der Waals surface area contributed by atoms with Crippen molar-refractivity contribution in [3.8, 4) is 0 Å². The molecule has 1 aliphatic rings. The number of carbonyl (C=O) groups is 1. The average molecular weight is 339 g/mol. The van der Waals surface area contributed by atoms with Gasteiger partial charge in [-0.25, -0.2) is 9.18 Å². The van der Waals surface area contributed by atoms with E-state index in [0.29, 0.717) is 24.8 Å². The molecule has 1 aromatic carbocycles. The molecule has 6 nitrogen and oxygen atoms in total. The fourth-order valence-corrected chi connectivity index (χ4v) is 3.40. The van der Waals surface area contributed by atoms with E-state index in [4.69, 9.17) is 0 Å². The van der Waals surface area contributed by atoms with Gasteiger partial charge in [0.1, 0.15) is 5.82 Å². The molecule has 2 N–H and O–H groups in total. The van der Waals surface area contributed by atoms with E-state index in [1.807, 2.05) is 6.20 Å². The topological polar surface area (TPSA) is 73.9 Å². The molecule has 0 atom stereocenters. The number of hydrogen-bond acceptors (Lipinski definition) is 3. The Labute approximate surface area is 144 Å².